The van der Waals surface area contributed by atoms with E-state index in [1.807, 2.05) is 0 Å². The van der Waals surface area contributed by atoms with E-state index in [2.05, 4.69) is 5.92 Å². The molecule has 1 aromatic rings. The third-order valence-corrected chi connectivity index (χ3v) is 2.51. The van der Waals surface area contributed by atoms with Crippen molar-refractivity contribution in [2.75, 3.05) is 13.2 Å². The number of carbonyl (C=O) groups excluding carboxylic acids is 2. The van der Waals surface area contributed by atoms with Crippen molar-refractivity contribution in [2.45, 2.75) is 0 Å². The lowest BCUT2D eigenvalue weighted by molar-refractivity contribution is -0.137. The summed E-state index contributed by atoms with van der Waals surface area (Å²) < 4.78 is 5.42. The van der Waals surface area contributed by atoms with Gasteiger partial charge in [0.2, 0.25) is 0 Å². The van der Waals surface area contributed by atoms with Crippen molar-refractivity contribution < 1.29 is 14.3 Å². The second kappa shape index (κ2) is 5.19. The number of rotatable bonds is 4. The maximum absolute atomic E-state index is 11.3. The normalized spacial score (nSPS) is 13.8. The molecule has 0 aliphatic carbocycles. The number of ether oxygens (including phenoxy) is 1. The first-order valence-electron chi connectivity index (χ1n) is 5.44. The van der Waals surface area contributed by atoms with Crippen molar-refractivity contribution in [1.29, 1.82) is 0 Å². The van der Waals surface area contributed by atoms with E-state index in [0.29, 0.717) is 5.75 Å². The molecule has 1 aliphatic heterocycles. The first-order valence-corrected chi connectivity index (χ1v) is 5.44. The van der Waals surface area contributed by atoms with Crippen molar-refractivity contribution in [1.82, 2.24) is 4.90 Å². The zero-order valence-corrected chi connectivity index (χ0v) is 9.63. The van der Waals surface area contributed by atoms with E-state index in [4.69, 9.17) is 11.2 Å². The van der Waals surface area contributed by atoms with Crippen molar-refractivity contribution in [3.8, 4) is 18.1 Å². The number of amides is 2. The molecule has 2 rings (SSSR count). The Labute approximate surface area is 105 Å². The van der Waals surface area contributed by atoms with Gasteiger partial charge in [-0.1, -0.05) is 5.92 Å². The summed E-state index contributed by atoms with van der Waals surface area (Å²) in [6.07, 6.45) is 7.74. The molecular weight excluding hydrogens is 230 g/mol. The minimum absolute atomic E-state index is 0.238. The SMILES string of the molecule is C#Cc1ccc(OCCN2C(=O)C=CC2=O)cc1. The van der Waals surface area contributed by atoms with Gasteiger partial charge in [-0.25, -0.2) is 0 Å². The molecule has 0 bridgehead atoms. The zero-order valence-electron chi connectivity index (χ0n) is 9.63. The van der Waals surface area contributed by atoms with Crippen LogP contribution in [0.4, 0.5) is 0 Å². The number of hydrogen-bond acceptors (Lipinski definition) is 3. The highest BCUT2D eigenvalue weighted by Gasteiger charge is 2.22. The molecule has 1 aromatic carbocycles. The summed E-state index contributed by atoms with van der Waals surface area (Å²) in [7, 11) is 0. The zero-order chi connectivity index (χ0) is 13.0. The Morgan fingerprint density at radius 1 is 1.11 bits per heavy atom. The lowest BCUT2D eigenvalue weighted by Gasteiger charge is -2.14. The van der Waals surface area contributed by atoms with Gasteiger partial charge in [0.1, 0.15) is 12.4 Å². The van der Waals surface area contributed by atoms with Gasteiger partial charge in [0, 0.05) is 17.7 Å². The van der Waals surface area contributed by atoms with Gasteiger partial charge in [-0.05, 0) is 24.3 Å². The van der Waals surface area contributed by atoms with Crippen LogP contribution in [0.3, 0.4) is 0 Å². The molecule has 1 heterocycles. The van der Waals surface area contributed by atoms with E-state index in [1.54, 1.807) is 24.3 Å². The summed E-state index contributed by atoms with van der Waals surface area (Å²) in [5, 5.41) is 0. The van der Waals surface area contributed by atoms with Crippen molar-refractivity contribution in [2.24, 2.45) is 0 Å². The highest BCUT2D eigenvalue weighted by molar-refractivity contribution is 6.12. The molecule has 2 amide bonds. The molecule has 0 saturated heterocycles. The molecule has 1 aliphatic rings. The summed E-state index contributed by atoms with van der Waals surface area (Å²) in [6.45, 7) is 0.496. The van der Waals surface area contributed by atoms with E-state index in [1.165, 1.54) is 12.2 Å². The smallest absolute Gasteiger partial charge is 0.253 e. The molecule has 0 spiro atoms. The van der Waals surface area contributed by atoms with Crippen LogP contribution in [0.5, 0.6) is 5.75 Å². The van der Waals surface area contributed by atoms with Gasteiger partial charge in [-0.2, -0.15) is 0 Å². The van der Waals surface area contributed by atoms with Crippen LogP contribution in [0.15, 0.2) is 36.4 Å². The van der Waals surface area contributed by atoms with E-state index in [-0.39, 0.29) is 25.0 Å². The lowest BCUT2D eigenvalue weighted by atomic mass is 10.2. The van der Waals surface area contributed by atoms with E-state index in [9.17, 15) is 9.59 Å². The fraction of sp³-hybridized carbons (Fsp3) is 0.143. The van der Waals surface area contributed by atoms with Crippen molar-refractivity contribution in [3.05, 3.63) is 42.0 Å². The molecule has 18 heavy (non-hydrogen) atoms. The molecule has 4 heteroatoms. The van der Waals surface area contributed by atoms with Gasteiger partial charge < -0.3 is 4.74 Å². The molecule has 0 unspecified atom stereocenters. The molecule has 0 saturated carbocycles. The van der Waals surface area contributed by atoms with Gasteiger partial charge >= 0.3 is 0 Å². The van der Waals surface area contributed by atoms with Crippen LogP contribution < -0.4 is 4.74 Å². The fourth-order valence-corrected chi connectivity index (χ4v) is 1.55. The average Bonchev–Trinajstić information content (AvgIpc) is 2.71. The Kier molecular flexibility index (Phi) is 3.44. The van der Waals surface area contributed by atoms with E-state index >= 15 is 0 Å². The largest absolute Gasteiger partial charge is 0.492 e. The summed E-state index contributed by atoms with van der Waals surface area (Å²) in [5.41, 5.74) is 0.774. The number of nitrogens with zero attached hydrogens (tertiary/aromatic N) is 1. The van der Waals surface area contributed by atoms with E-state index < -0.39 is 0 Å². The van der Waals surface area contributed by atoms with E-state index in [0.717, 1.165) is 10.5 Å². The molecule has 0 radical (unpaired) electrons. The Bertz CT molecular complexity index is 519. The van der Waals surface area contributed by atoms with Gasteiger partial charge in [-0.15, -0.1) is 6.42 Å². The van der Waals surface area contributed by atoms with Gasteiger partial charge in [0.15, 0.2) is 0 Å². The van der Waals surface area contributed by atoms with Crippen LogP contribution >= 0.6 is 0 Å². The second-order valence-electron chi connectivity index (χ2n) is 3.68. The standard InChI is InChI=1S/C14H11NO3/c1-2-11-3-5-12(6-4-11)18-10-9-15-13(16)7-8-14(15)17/h1,3-8H,9-10H2. The van der Waals surface area contributed by atoms with Crippen LogP contribution in [0.1, 0.15) is 5.56 Å². The third kappa shape index (κ3) is 2.58. The first-order chi connectivity index (χ1) is 8.70. The number of carbonyl (C=O) groups is 2. The Hall–Kier alpha value is -2.54. The Balaban J connectivity index is 1.83. The third-order valence-electron chi connectivity index (χ3n) is 2.51. The van der Waals surface area contributed by atoms with Crippen LogP contribution in [0, 0.1) is 12.3 Å². The molecule has 0 atom stereocenters. The highest BCUT2D eigenvalue weighted by Crippen LogP contribution is 2.11. The summed E-state index contributed by atoms with van der Waals surface area (Å²) in [5.74, 6) is 2.56. The van der Waals surface area contributed by atoms with Crippen LogP contribution in [-0.2, 0) is 9.59 Å². The minimum Gasteiger partial charge on any atom is -0.492 e. The predicted molar refractivity (Wildman–Crippen MR) is 65.7 cm³/mol. The first kappa shape index (κ1) is 11.9. The van der Waals surface area contributed by atoms with Gasteiger partial charge in [0.25, 0.3) is 11.8 Å². The molecule has 90 valence electrons. The topological polar surface area (TPSA) is 46.6 Å². The van der Waals surface area contributed by atoms with Gasteiger partial charge in [-0.3, -0.25) is 14.5 Å². The molecule has 4 nitrogen and oxygen atoms in total. The minimum atomic E-state index is -0.300. The summed E-state index contributed by atoms with van der Waals surface area (Å²) >= 11 is 0. The maximum atomic E-state index is 11.3. The van der Waals surface area contributed by atoms with Crippen molar-refractivity contribution in [3.63, 3.8) is 0 Å². The summed E-state index contributed by atoms with van der Waals surface area (Å²) in [6, 6.07) is 7.04. The van der Waals surface area contributed by atoms with Crippen LogP contribution in [0.25, 0.3) is 0 Å². The maximum Gasteiger partial charge on any atom is 0.253 e. The fourth-order valence-electron chi connectivity index (χ4n) is 1.55. The lowest BCUT2D eigenvalue weighted by Crippen LogP contribution is -2.33. The Morgan fingerprint density at radius 2 is 1.72 bits per heavy atom. The quantitative estimate of drug-likeness (QED) is 0.583. The molecular formula is C14H11NO3. The molecule has 0 N–H and O–H groups in total. The number of terminal acetylenes is 1. The number of hydrogen-bond donors (Lipinski definition) is 0. The number of benzene rings is 1. The molecule has 0 fully saturated rings. The van der Waals surface area contributed by atoms with Crippen LogP contribution in [0.2, 0.25) is 0 Å². The monoisotopic (exact) mass is 241 g/mol. The van der Waals surface area contributed by atoms with Crippen LogP contribution in [-0.4, -0.2) is 29.9 Å². The van der Waals surface area contributed by atoms with Crippen molar-refractivity contribution >= 4 is 11.8 Å². The summed E-state index contributed by atoms with van der Waals surface area (Å²) in [4.78, 5) is 23.6. The predicted octanol–water partition coefficient (Wildman–Crippen LogP) is 0.972. The average molecular weight is 241 g/mol. The number of imide groups is 1. The highest BCUT2D eigenvalue weighted by atomic mass is 16.5. The Morgan fingerprint density at radius 3 is 2.28 bits per heavy atom. The van der Waals surface area contributed by atoms with Gasteiger partial charge in [0.05, 0.1) is 6.54 Å². The molecule has 0 aromatic heterocycles. The second-order valence-corrected chi connectivity index (χ2v) is 3.68.